The van der Waals surface area contributed by atoms with E-state index in [4.69, 9.17) is 21.1 Å². The molecule has 0 aliphatic carbocycles. The molecular weight excluding hydrogens is 176 g/mol. The lowest BCUT2D eigenvalue weighted by Gasteiger charge is -1.89. The van der Waals surface area contributed by atoms with E-state index in [-0.39, 0.29) is 0 Å². The van der Waals surface area contributed by atoms with Crippen LogP contribution < -0.4 is 0 Å². The highest BCUT2D eigenvalue weighted by Gasteiger charge is 2.12. The molecule has 0 amide bonds. The SMILES string of the molecule is S=C(c1ncco1)c1ncco1. The van der Waals surface area contributed by atoms with Gasteiger partial charge in [0.1, 0.15) is 12.5 Å². The molecule has 0 saturated carbocycles. The second-order valence-corrected chi connectivity index (χ2v) is 2.41. The molecule has 0 aliphatic heterocycles. The molecule has 0 bridgehead atoms. The minimum atomic E-state index is 0.354. The summed E-state index contributed by atoms with van der Waals surface area (Å²) in [6.07, 6.45) is 5.93. The van der Waals surface area contributed by atoms with Crippen molar-refractivity contribution < 1.29 is 8.83 Å². The number of aromatic nitrogens is 2. The van der Waals surface area contributed by atoms with Crippen LogP contribution in [0.2, 0.25) is 0 Å². The Morgan fingerprint density at radius 3 is 1.92 bits per heavy atom. The summed E-state index contributed by atoms with van der Waals surface area (Å²) >= 11 is 4.98. The molecule has 2 heterocycles. The summed E-state index contributed by atoms with van der Waals surface area (Å²) in [5.74, 6) is 0.708. The molecule has 0 saturated heterocycles. The van der Waals surface area contributed by atoms with Crippen LogP contribution in [0.25, 0.3) is 0 Å². The summed E-state index contributed by atoms with van der Waals surface area (Å²) in [7, 11) is 0. The Morgan fingerprint density at radius 2 is 1.58 bits per heavy atom. The maximum atomic E-state index is 4.98. The van der Waals surface area contributed by atoms with Gasteiger partial charge in [0, 0.05) is 0 Å². The summed E-state index contributed by atoms with van der Waals surface area (Å²) in [6, 6.07) is 0. The minimum Gasteiger partial charge on any atom is -0.444 e. The third kappa shape index (κ3) is 1.14. The molecule has 0 radical (unpaired) electrons. The predicted octanol–water partition coefficient (Wildman–Crippen LogP) is 1.43. The predicted molar refractivity (Wildman–Crippen MR) is 43.8 cm³/mol. The van der Waals surface area contributed by atoms with Crippen molar-refractivity contribution in [3.63, 3.8) is 0 Å². The topological polar surface area (TPSA) is 52.1 Å². The van der Waals surface area contributed by atoms with Gasteiger partial charge in [-0.3, -0.25) is 0 Å². The Balaban J connectivity index is 2.34. The monoisotopic (exact) mass is 180 g/mol. The van der Waals surface area contributed by atoms with Gasteiger partial charge in [-0.25, -0.2) is 9.97 Å². The maximum absolute atomic E-state index is 4.98. The molecule has 60 valence electrons. The average molecular weight is 180 g/mol. The highest BCUT2D eigenvalue weighted by Crippen LogP contribution is 2.06. The Labute approximate surface area is 73.2 Å². The molecule has 0 aliphatic rings. The Bertz CT molecular complexity index is 330. The number of thiocarbonyl (C=S) groups is 1. The number of rotatable bonds is 2. The molecule has 0 fully saturated rings. The summed E-state index contributed by atoms with van der Waals surface area (Å²) < 4.78 is 9.93. The van der Waals surface area contributed by atoms with Crippen molar-refractivity contribution in [3.05, 3.63) is 36.7 Å². The van der Waals surface area contributed by atoms with Crippen molar-refractivity contribution in [1.29, 1.82) is 0 Å². The van der Waals surface area contributed by atoms with Crippen LogP contribution in [0.4, 0.5) is 0 Å². The van der Waals surface area contributed by atoms with Gasteiger partial charge in [-0.2, -0.15) is 0 Å². The Morgan fingerprint density at radius 1 is 1.08 bits per heavy atom. The van der Waals surface area contributed by atoms with Gasteiger partial charge in [-0.15, -0.1) is 0 Å². The van der Waals surface area contributed by atoms with Crippen LogP contribution in [-0.2, 0) is 0 Å². The molecule has 0 spiro atoms. The van der Waals surface area contributed by atoms with Crippen molar-refractivity contribution in [2.45, 2.75) is 0 Å². The van der Waals surface area contributed by atoms with Crippen LogP contribution in [0, 0.1) is 0 Å². The number of hydrogen-bond donors (Lipinski definition) is 0. The van der Waals surface area contributed by atoms with Crippen molar-refractivity contribution in [2.24, 2.45) is 0 Å². The first-order valence-electron chi connectivity index (χ1n) is 3.21. The van der Waals surface area contributed by atoms with E-state index in [9.17, 15) is 0 Å². The summed E-state index contributed by atoms with van der Waals surface area (Å²) in [5.41, 5.74) is 0. The van der Waals surface area contributed by atoms with Crippen molar-refractivity contribution in [1.82, 2.24) is 9.97 Å². The number of oxazole rings is 2. The van der Waals surface area contributed by atoms with E-state index < -0.39 is 0 Å². The van der Waals surface area contributed by atoms with E-state index in [1.165, 1.54) is 24.9 Å². The highest BCUT2D eigenvalue weighted by molar-refractivity contribution is 7.81. The van der Waals surface area contributed by atoms with Crippen LogP contribution in [-0.4, -0.2) is 14.8 Å². The van der Waals surface area contributed by atoms with E-state index >= 15 is 0 Å². The molecule has 2 aromatic rings. The normalized spacial score (nSPS) is 10.0. The largest absolute Gasteiger partial charge is 0.444 e. The molecule has 0 N–H and O–H groups in total. The Hall–Kier alpha value is -1.49. The summed E-state index contributed by atoms with van der Waals surface area (Å²) in [4.78, 5) is 8.11. The quantitative estimate of drug-likeness (QED) is 0.517. The van der Waals surface area contributed by atoms with Gasteiger partial charge in [0.25, 0.3) is 0 Å². The first-order valence-corrected chi connectivity index (χ1v) is 3.62. The lowest BCUT2D eigenvalue weighted by atomic mass is 10.4. The number of nitrogens with zero attached hydrogens (tertiary/aromatic N) is 2. The van der Waals surface area contributed by atoms with E-state index in [2.05, 4.69) is 9.97 Å². The van der Waals surface area contributed by atoms with Gasteiger partial charge in [-0.05, 0) is 0 Å². The van der Waals surface area contributed by atoms with E-state index in [1.54, 1.807) is 0 Å². The fraction of sp³-hybridized carbons (Fsp3) is 0. The maximum Gasteiger partial charge on any atom is 0.242 e. The molecule has 12 heavy (non-hydrogen) atoms. The van der Waals surface area contributed by atoms with Crippen molar-refractivity contribution in [2.75, 3.05) is 0 Å². The van der Waals surface area contributed by atoms with Gasteiger partial charge in [0.15, 0.2) is 4.86 Å². The van der Waals surface area contributed by atoms with Crippen LogP contribution >= 0.6 is 12.2 Å². The first kappa shape index (κ1) is 7.17. The van der Waals surface area contributed by atoms with Crippen LogP contribution in [0.15, 0.2) is 33.8 Å². The molecule has 0 atom stereocenters. The smallest absolute Gasteiger partial charge is 0.242 e. The zero-order chi connectivity index (χ0) is 8.39. The lowest BCUT2D eigenvalue weighted by molar-refractivity contribution is 0.528. The average Bonchev–Trinajstić information content (AvgIpc) is 2.77. The van der Waals surface area contributed by atoms with E-state index in [0.717, 1.165) is 0 Å². The van der Waals surface area contributed by atoms with Gasteiger partial charge >= 0.3 is 0 Å². The van der Waals surface area contributed by atoms with Crippen molar-refractivity contribution >= 4 is 17.1 Å². The molecular formula is C7H4N2O2S. The molecule has 5 heteroatoms. The second-order valence-electron chi connectivity index (χ2n) is 2.00. The second kappa shape index (κ2) is 2.86. The lowest BCUT2D eigenvalue weighted by Crippen LogP contribution is -1.99. The summed E-state index contributed by atoms with van der Waals surface area (Å²) in [5, 5.41) is 0. The molecule has 2 aromatic heterocycles. The fourth-order valence-electron chi connectivity index (χ4n) is 0.763. The molecule has 0 aromatic carbocycles. The van der Waals surface area contributed by atoms with Gasteiger partial charge in [0.2, 0.25) is 11.8 Å². The zero-order valence-corrected chi connectivity index (χ0v) is 6.75. The third-order valence-electron chi connectivity index (χ3n) is 1.25. The van der Waals surface area contributed by atoms with Crippen LogP contribution in [0.5, 0.6) is 0 Å². The van der Waals surface area contributed by atoms with Crippen molar-refractivity contribution in [3.8, 4) is 0 Å². The summed E-state index contributed by atoms with van der Waals surface area (Å²) in [6.45, 7) is 0. The zero-order valence-electron chi connectivity index (χ0n) is 5.93. The van der Waals surface area contributed by atoms with Crippen LogP contribution in [0.1, 0.15) is 11.8 Å². The molecule has 4 nitrogen and oxygen atoms in total. The molecule has 0 unspecified atom stereocenters. The van der Waals surface area contributed by atoms with E-state index in [0.29, 0.717) is 16.6 Å². The Kier molecular flexibility index (Phi) is 1.71. The molecule has 2 rings (SSSR count). The highest BCUT2D eigenvalue weighted by atomic mass is 32.1. The first-order chi connectivity index (χ1) is 5.88. The van der Waals surface area contributed by atoms with E-state index in [1.807, 2.05) is 0 Å². The standard InChI is InChI=1S/C7H4N2O2S/c12-5(6-8-1-3-10-6)7-9-2-4-11-7/h1-4H. The number of hydrogen-bond acceptors (Lipinski definition) is 5. The fourth-order valence-corrected chi connectivity index (χ4v) is 0.964. The van der Waals surface area contributed by atoms with Gasteiger partial charge < -0.3 is 8.83 Å². The van der Waals surface area contributed by atoms with Gasteiger partial charge in [0.05, 0.1) is 12.4 Å². The third-order valence-corrected chi connectivity index (χ3v) is 1.60. The van der Waals surface area contributed by atoms with Crippen LogP contribution in [0.3, 0.4) is 0 Å². The minimum absolute atomic E-state index is 0.354. The van der Waals surface area contributed by atoms with Gasteiger partial charge in [-0.1, -0.05) is 12.2 Å².